The topological polar surface area (TPSA) is 0 Å². The molecule has 0 heterocycles. The molecular formula is C17H28. The molecule has 0 saturated heterocycles. The summed E-state index contributed by atoms with van der Waals surface area (Å²) < 4.78 is 0. The Morgan fingerprint density at radius 2 is 1.71 bits per heavy atom. The van der Waals surface area contributed by atoms with Gasteiger partial charge in [-0.2, -0.15) is 0 Å². The van der Waals surface area contributed by atoms with Gasteiger partial charge in [0.2, 0.25) is 0 Å². The van der Waals surface area contributed by atoms with Crippen LogP contribution in [0.1, 0.15) is 57.6 Å². The Bertz CT molecular complexity index is 296. The van der Waals surface area contributed by atoms with Gasteiger partial charge in [0.05, 0.1) is 0 Å². The van der Waals surface area contributed by atoms with E-state index in [9.17, 15) is 0 Å². The predicted molar refractivity (Wildman–Crippen MR) is 77.4 cm³/mol. The smallest absolute Gasteiger partial charge is 0.0276 e. The highest BCUT2D eigenvalue weighted by molar-refractivity contribution is 5.21. The Balaban J connectivity index is 0.000000686. The summed E-state index contributed by atoms with van der Waals surface area (Å²) in [7, 11) is 0. The minimum atomic E-state index is 0.980. The highest BCUT2D eigenvalue weighted by atomic mass is 14.3. The molecule has 0 bridgehead atoms. The van der Waals surface area contributed by atoms with Crippen molar-refractivity contribution in [2.45, 2.75) is 59.8 Å². The van der Waals surface area contributed by atoms with E-state index in [2.05, 4.69) is 38.1 Å². The van der Waals surface area contributed by atoms with E-state index in [1.807, 2.05) is 13.8 Å². The van der Waals surface area contributed by atoms with Crippen LogP contribution in [0.5, 0.6) is 0 Å². The summed E-state index contributed by atoms with van der Waals surface area (Å²) in [4.78, 5) is 0. The number of hydrogen-bond acceptors (Lipinski definition) is 0. The molecule has 1 saturated carbocycles. The summed E-state index contributed by atoms with van der Waals surface area (Å²) in [5, 5.41) is 0. The Hall–Kier alpha value is -0.780. The van der Waals surface area contributed by atoms with Crippen molar-refractivity contribution in [3.63, 3.8) is 0 Å². The molecule has 0 radical (unpaired) electrons. The molecule has 1 fully saturated rings. The average molecular weight is 232 g/mol. The van der Waals surface area contributed by atoms with Crippen LogP contribution in [0.25, 0.3) is 0 Å². The summed E-state index contributed by atoms with van der Waals surface area (Å²) in [5.74, 6) is 1.98. The highest BCUT2D eigenvalue weighted by Gasteiger charge is 2.20. The second-order valence-corrected chi connectivity index (χ2v) is 5.31. The van der Waals surface area contributed by atoms with Crippen LogP contribution in [-0.4, -0.2) is 0 Å². The van der Waals surface area contributed by atoms with Crippen molar-refractivity contribution in [2.75, 3.05) is 0 Å². The standard InChI is InChI=1S/C15H22.C2H6/c1-12-3-6-14(7-4-12)9-10-15-8-5-13(2)11-15;1-2/h3-4,6-7,13,15H,5,8-11H2,1-2H3;1-2H3. The van der Waals surface area contributed by atoms with Gasteiger partial charge in [-0.15, -0.1) is 0 Å². The van der Waals surface area contributed by atoms with Gasteiger partial charge >= 0.3 is 0 Å². The van der Waals surface area contributed by atoms with Gasteiger partial charge in [0.1, 0.15) is 0 Å². The SMILES string of the molecule is CC.Cc1ccc(CCC2CCC(C)C2)cc1. The van der Waals surface area contributed by atoms with E-state index >= 15 is 0 Å². The summed E-state index contributed by atoms with van der Waals surface area (Å²) >= 11 is 0. The molecule has 96 valence electrons. The van der Waals surface area contributed by atoms with Gasteiger partial charge in [0.15, 0.2) is 0 Å². The zero-order chi connectivity index (χ0) is 12.7. The largest absolute Gasteiger partial charge is 0.0683 e. The molecule has 1 aromatic carbocycles. The van der Waals surface area contributed by atoms with E-state index in [0.29, 0.717) is 0 Å². The van der Waals surface area contributed by atoms with Crippen LogP contribution in [0.15, 0.2) is 24.3 Å². The fourth-order valence-corrected chi connectivity index (χ4v) is 2.71. The van der Waals surface area contributed by atoms with Crippen LogP contribution in [0.3, 0.4) is 0 Å². The number of hydrogen-bond donors (Lipinski definition) is 0. The summed E-state index contributed by atoms with van der Waals surface area (Å²) in [5.41, 5.74) is 2.88. The van der Waals surface area contributed by atoms with Crippen molar-refractivity contribution in [3.8, 4) is 0 Å². The van der Waals surface area contributed by atoms with Crippen molar-refractivity contribution in [3.05, 3.63) is 35.4 Å². The van der Waals surface area contributed by atoms with E-state index in [1.165, 1.54) is 43.2 Å². The van der Waals surface area contributed by atoms with E-state index in [-0.39, 0.29) is 0 Å². The molecule has 0 N–H and O–H groups in total. The Kier molecular flexibility index (Phi) is 6.32. The first kappa shape index (κ1) is 14.3. The Morgan fingerprint density at radius 1 is 1.06 bits per heavy atom. The maximum absolute atomic E-state index is 2.39. The maximum Gasteiger partial charge on any atom is -0.0276 e. The first-order chi connectivity index (χ1) is 8.24. The second kappa shape index (κ2) is 7.53. The van der Waals surface area contributed by atoms with Crippen LogP contribution in [0, 0.1) is 18.8 Å². The first-order valence-electron chi connectivity index (χ1n) is 7.29. The molecule has 1 aliphatic rings. The van der Waals surface area contributed by atoms with E-state index in [4.69, 9.17) is 0 Å². The van der Waals surface area contributed by atoms with Gasteiger partial charge in [-0.1, -0.05) is 63.4 Å². The normalized spacial score (nSPS) is 23.1. The second-order valence-electron chi connectivity index (χ2n) is 5.31. The van der Waals surface area contributed by atoms with Crippen LogP contribution in [0.2, 0.25) is 0 Å². The van der Waals surface area contributed by atoms with Gasteiger partial charge in [0.25, 0.3) is 0 Å². The lowest BCUT2D eigenvalue weighted by atomic mass is 9.97. The quantitative estimate of drug-likeness (QED) is 0.655. The average Bonchev–Trinajstić information content (AvgIpc) is 2.77. The molecule has 17 heavy (non-hydrogen) atoms. The van der Waals surface area contributed by atoms with Gasteiger partial charge in [0, 0.05) is 0 Å². The van der Waals surface area contributed by atoms with Crippen LogP contribution < -0.4 is 0 Å². The lowest BCUT2D eigenvalue weighted by Crippen LogP contribution is -1.97. The van der Waals surface area contributed by atoms with Gasteiger partial charge in [-0.05, 0) is 43.6 Å². The fourth-order valence-electron chi connectivity index (χ4n) is 2.71. The zero-order valence-electron chi connectivity index (χ0n) is 12.0. The van der Waals surface area contributed by atoms with Gasteiger partial charge < -0.3 is 0 Å². The molecule has 2 unspecified atom stereocenters. The minimum absolute atomic E-state index is 0.980. The Labute approximate surface area is 107 Å². The molecule has 1 aliphatic carbocycles. The number of benzene rings is 1. The van der Waals surface area contributed by atoms with Crippen molar-refractivity contribution in [1.29, 1.82) is 0 Å². The van der Waals surface area contributed by atoms with Crippen molar-refractivity contribution in [2.24, 2.45) is 11.8 Å². The molecule has 0 spiro atoms. The van der Waals surface area contributed by atoms with E-state index < -0.39 is 0 Å². The molecule has 2 atom stereocenters. The summed E-state index contributed by atoms with van der Waals surface area (Å²) in [6.45, 7) is 8.55. The van der Waals surface area contributed by atoms with Crippen molar-refractivity contribution < 1.29 is 0 Å². The lowest BCUT2D eigenvalue weighted by molar-refractivity contribution is 0.480. The molecule has 0 aromatic heterocycles. The fraction of sp³-hybridized carbons (Fsp3) is 0.647. The third-order valence-corrected chi connectivity index (χ3v) is 3.77. The predicted octanol–water partition coefficient (Wildman–Crippen LogP) is 5.39. The zero-order valence-corrected chi connectivity index (χ0v) is 12.0. The highest BCUT2D eigenvalue weighted by Crippen LogP contribution is 2.33. The lowest BCUT2D eigenvalue weighted by Gasteiger charge is -2.09. The third kappa shape index (κ3) is 4.93. The summed E-state index contributed by atoms with van der Waals surface area (Å²) in [6.07, 6.45) is 7.06. The van der Waals surface area contributed by atoms with Crippen LogP contribution >= 0.6 is 0 Å². The monoisotopic (exact) mass is 232 g/mol. The molecule has 0 amide bonds. The molecule has 0 aliphatic heterocycles. The van der Waals surface area contributed by atoms with Gasteiger partial charge in [-0.3, -0.25) is 0 Å². The van der Waals surface area contributed by atoms with Crippen LogP contribution in [-0.2, 0) is 6.42 Å². The van der Waals surface area contributed by atoms with Crippen LogP contribution in [0.4, 0.5) is 0 Å². The molecule has 0 nitrogen and oxygen atoms in total. The van der Waals surface area contributed by atoms with E-state index in [1.54, 1.807) is 0 Å². The summed E-state index contributed by atoms with van der Waals surface area (Å²) in [6, 6.07) is 9.03. The molecule has 2 rings (SSSR count). The first-order valence-corrected chi connectivity index (χ1v) is 7.29. The molecule has 0 heteroatoms. The van der Waals surface area contributed by atoms with Crippen molar-refractivity contribution >= 4 is 0 Å². The Morgan fingerprint density at radius 3 is 2.24 bits per heavy atom. The molecular weight excluding hydrogens is 204 g/mol. The van der Waals surface area contributed by atoms with Crippen molar-refractivity contribution in [1.82, 2.24) is 0 Å². The van der Waals surface area contributed by atoms with E-state index in [0.717, 1.165) is 11.8 Å². The third-order valence-electron chi connectivity index (χ3n) is 3.77. The van der Waals surface area contributed by atoms with Gasteiger partial charge in [-0.25, -0.2) is 0 Å². The minimum Gasteiger partial charge on any atom is -0.0683 e. The molecule has 1 aromatic rings. The number of rotatable bonds is 3. The maximum atomic E-state index is 2.39. The number of aryl methyl sites for hydroxylation is 2.